The molecule has 0 bridgehead atoms. The van der Waals surface area contributed by atoms with Crippen LogP contribution in [0.3, 0.4) is 0 Å². The van der Waals surface area contributed by atoms with Crippen LogP contribution in [0.1, 0.15) is 10.4 Å². The molecule has 1 aromatic carbocycles. The second-order valence-electron chi connectivity index (χ2n) is 7.74. The molecule has 1 amide bonds. The number of piperazine rings is 1. The van der Waals surface area contributed by atoms with E-state index in [4.69, 9.17) is 0 Å². The molecule has 14 heteroatoms. The van der Waals surface area contributed by atoms with Crippen LogP contribution in [0.25, 0.3) is 0 Å². The minimum Gasteiger partial charge on any atom is -0.478 e. The van der Waals surface area contributed by atoms with Crippen LogP contribution in [0, 0.1) is 10.1 Å². The van der Waals surface area contributed by atoms with Gasteiger partial charge in [0.15, 0.2) is 0 Å². The number of aromatic nitrogens is 2. The van der Waals surface area contributed by atoms with E-state index < -0.39 is 21.7 Å². The molecule has 180 valence electrons. The Morgan fingerprint density at radius 2 is 1.76 bits per heavy atom. The van der Waals surface area contributed by atoms with Crippen LogP contribution >= 0.6 is 0 Å². The Morgan fingerprint density at radius 1 is 1.09 bits per heavy atom. The Hall–Kier alpha value is -3.81. The number of carbonyl (C=O) groups is 2. The summed E-state index contributed by atoms with van der Waals surface area (Å²) in [6.07, 6.45) is 0.767. The Labute approximate surface area is 197 Å². The number of anilines is 4. The van der Waals surface area contributed by atoms with Crippen LogP contribution in [-0.2, 0) is 15.6 Å². The van der Waals surface area contributed by atoms with Crippen molar-refractivity contribution in [2.75, 3.05) is 65.9 Å². The van der Waals surface area contributed by atoms with Gasteiger partial charge in [-0.3, -0.25) is 19.1 Å². The molecule has 2 N–H and O–H groups in total. The maximum atomic E-state index is 12.2. The largest absolute Gasteiger partial charge is 0.478 e. The van der Waals surface area contributed by atoms with Gasteiger partial charge in [0.2, 0.25) is 24.0 Å². The number of para-hydroxylation sites is 1. The Bertz CT molecular complexity index is 1130. The normalized spacial score (nSPS) is 16.9. The fraction of sp³-hybridized carbons (Fsp3) is 0.400. The Balaban J connectivity index is 1.80. The van der Waals surface area contributed by atoms with E-state index in [-0.39, 0.29) is 34.5 Å². The SMILES string of the molecule is O=CN1CCN(c2nc(Nc3ccccc3C(=O)O)c([N+](=O)[O-])c(N3CCS(=O)CC3)n2)CC1. The summed E-state index contributed by atoms with van der Waals surface area (Å²) in [5.74, 6) is -0.293. The van der Waals surface area contributed by atoms with E-state index in [0.717, 1.165) is 6.41 Å². The molecule has 13 nitrogen and oxygen atoms in total. The van der Waals surface area contributed by atoms with Crippen molar-refractivity contribution in [3.63, 3.8) is 0 Å². The Kier molecular flexibility index (Phi) is 6.86. The molecular formula is C20H23N7O6S. The zero-order valence-corrected chi connectivity index (χ0v) is 18.9. The number of hydrogen-bond acceptors (Lipinski definition) is 10. The predicted molar refractivity (Wildman–Crippen MR) is 125 cm³/mol. The van der Waals surface area contributed by atoms with Crippen molar-refractivity contribution in [2.45, 2.75) is 0 Å². The number of carboxylic acids is 1. The second-order valence-corrected chi connectivity index (χ2v) is 9.44. The molecule has 4 rings (SSSR count). The molecule has 2 fully saturated rings. The molecule has 2 saturated heterocycles. The van der Waals surface area contributed by atoms with Crippen LogP contribution in [0.5, 0.6) is 0 Å². The van der Waals surface area contributed by atoms with Crippen LogP contribution in [0.4, 0.5) is 29.0 Å². The summed E-state index contributed by atoms with van der Waals surface area (Å²) in [6, 6.07) is 6.06. The highest BCUT2D eigenvalue weighted by Gasteiger charge is 2.32. The first-order chi connectivity index (χ1) is 16.4. The third-order valence-electron chi connectivity index (χ3n) is 5.67. The summed E-state index contributed by atoms with van der Waals surface area (Å²) in [6.45, 7) is 2.43. The van der Waals surface area contributed by atoms with Gasteiger partial charge < -0.3 is 25.1 Å². The van der Waals surface area contributed by atoms with Gasteiger partial charge in [-0.1, -0.05) is 12.1 Å². The molecule has 34 heavy (non-hydrogen) atoms. The first-order valence-electron chi connectivity index (χ1n) is 10.6. The summed E-state index contributed by atoms with van der Waals surface area (Å²) < 4.78 is 11.9. The highest BCUT2D eigenvalue weighted by atomic mass is 32.2. The molecule has 3 heterocycles. The lowest BCUT2D eigenvalue weighted by Crippen LogP contribution is -2.46. The molecule has 2 aliphatic rings. The molecule has 0 spiro atoms. The molecule has 1 aromatic heterocycles. The van der Waals surface area contributed by atoms with E-state index in [0.29, 0.717) is 50.8 Å². The lowest BCUT2D eigenvalue weighted by molar-refractivity contribution is -0.383. The predicted octanol–water partition coefficient (Wildman–Crippen LogP) is 0.674. The number of amides is 1. The van der Waals surface area contributed by atoms with E-state index >= 15 is 0 Å². The lowest BCUT2D eigenvalue weighted by atomic mass is 10.2. The third kappa shape index (κ3) is 4.90. The number of rotatable bonds is 7. The topological polar surface area (TPSA) is 162 Å². The smallest absolute Gasteiger partial charge is 0.353 e. The zero-order chi connectivity index (χ0) is 24.2. The first kappa shape index (κ1) is 23.4. The number of nitro groups is 1. The van der Waals surface area contributed by atoms with Crippen LogP contribution in [-0.4, -0.2) is 92.3 Å². The van der Waals surface area contributed by atoms with Crippen molar-refractivity contribution in [3.05, 3.63) is 39.9 Å². The van der Waals surface area contributed by atoms with Crippen molar-refractivity contribution in [1.82, 2.24) is 14.9 Å². The van der Waals surface area contributed by atoms with Crippen LogP contribution < -0.4 is 15.1 Å². The van der Waals surface area contributed by atoms with Gasteiger partial charge in [0.05, 0.1) is 16.2 Å². The molecule has 0 saturated carbocycles. The van der Waals surface area contributed by atoms with Gasteiger partial charge in [0.25, 0.3) is 0 Å². The monoisotopic (exact) mass is 489 g/mol. The van der Waals surface area contributed by atoms with Gasteiger partial charge in [0.1, 0.15) is 0 Å². The molecule has 0 atom stereocenters. The standard InChI is InChI=1S/C20H23N7O6S/c28-13-24-5-7-26(8-6-24)20-22-17(21-15-4-2-1-3-14(15)19(29)30)16(27(31)32)18(23-20)25-9-11-34(33)12-10-25/h1-4,13H,5-12H2,(H,29,30)(H,21,22,23). The number of nitrogens with zero attached hydrogens (tertiary/aromatic N) is 6. The van der Waals surface area contributed by atoms with Gasteiger partial charge in [-0.15, -0.1) is 0 Å². The van der Waals surface area contributed by atoms with E-state index in [2.05, 4.69) is 15.3 Å². The minimum atomic E-state index is -1.19. The van der Waals surface area contributed by atoms with Gasteiger partial charge >= 0.3 is 11.7 Å². The van der Waals surface area contributed by atoms with E-state index in [1.165, 1.54) is 12.1 Å². The van der Waals surface area contributed by atoms with E-state index in [1.807, 2.05) is 4.90 Å². The highest BCUT2D eigenvalue weighted by Crippen LogP contribution is 2.37. The second kappa shape index (κ2) is 9.99. The van der Waals surface area contributed by atoms with Gasteiger partial charge in [-0.05, 0) is 12.1 Å². The summed E-state index contributed by atoms with van der Waals surface area (Å²) in [7, 11) is -0.997. The molecule has 0 unspecified atom stereocenters. The average molecular weight is 490 g/mol. The fourth-order valence-corrected chi connectivity index (χ4v) is 4.88. The van der Waals surface area contributed by atoms with Crippen molar-refractivity contribution in [3.8, 4) is 0 Å². The van der Waals surface area contributed by atoms with Crippen molar-refractivity contribution < 1.29 is 23.8 Å². The summed E-state index contributed by atoms with van der Waals surface area (Å²) in [5.41, 5.74) is -0.297. The highest BCUT2D eigenvalue weighted by molar-refractivity contribution is 7.85. The third-order valence-corrected chi connectivity index (χ3v) is 6.95. The van der Waals surface area contributed by atoms with Crippen molar-refractivity contribution >= 4 is 52.1 Å². The van der Waals surface area contributed by atoms with Crippen LogP contribution in [0.2, 0.25) is 0 Å². The Morgan fingerprint density at radius 3 is 2.38 bits per heavy atom. The zero-order valence-electron chi connectivity index (χ0n) is 18.1. The van der Waals surface area contributed by atoms with E-state index in [9.17, 15) is 29.0 Å². The van der Waals surface area contributed by atoms with Crippen molar-refractivity contribution in [2.24, 2.45) is 0 Å². The maximum Gasteiger partial charge on any atom is 0.353 e. The summed E-state index contributed by atoms with van der Waals surface area (Å²) in [4.78, 5) is 48.4. The molecule has 2 aromatic rings. The number of aromatic carboxylic acids is 1. The molecule has 0 radical (unpaired) electrons. The maximum absolute atomic E-state index is 12.2. The fourth-order valence-electron chi connectivity index (χ4n) is 3.83. The van der Waals surface area contributed by atoms with Crippen LogP contribution in [0.15, 0.2) is 24.3 Å². The number of nitrogens with one attached hydrogen (secondary N) is 1. The van der Waals surface area contributed by atoms with Gasteiger partial charge in [-0.25, -0.2) is 4.79 Å². The first-order valence-corrected chi connectivity index (χ1v) is 12.1. The van der Waals surface area contributed by atoms with E-state index in [1.54, 1.807) is 21.9 Å². The number of benzene rings is 1. The lowest BCUT2D eigenvalue weighted by Gasteiger charge is -2.33. The molecular weight excluding hydrogens is 466 g/mol. The number of carbonyl (C=O) groups excluding carboxylic acids is 1. The quantitative estimate of drug-likeness (QED) is 0.319. The molecule has 0 aliphatic carbocycles. The summed E-state index contributed by atoms with van der Waals surface area (Å²) in [5, 5.41) is 24.5. The van der Waals surface area contributed by atoms with Crippen molar-refractivity contribution in [1.29, 1.82) is 0 Å². The number of carboxylic acid groups (broad SMARTS) is 1. The van der Waals surface area contributed by atoms with Gasteiger partial charge in [-0.2, -0.15) is 9.97 Å². The summed E-state index contributed by atoms with van der Waals surface area (Å²) >= 11 is 0. The number of hydrogen-bond donors (Lipinski definition) is 2. The van der Waals surface area contributed by atoms with Gasteiger partial charge in [0, 0.05) is 61.6 Å². The minimum absolute atomic E-state index is 0.0634. The molecule has 2 aliphatic heterocycles. The average Bonchev–Trinajstić information content (AvgIpc) is 2.84.